The third-order valence-corrected chi connectivity index (χ3v) is 3.14. The van der Waals surface area contributed by atoms with Crippen LogP contribution in [0.25, 0.3) is 0 Å². The molecule has 0 aromatic heterocycles. The van der Waals surface area contributed by atoms with Crippen LogP contribution in [0.4, 0.5) is 0 Å². The van der Waals surface area contributed by atoms with Crippen LogP contribution in [0.2, 0.25) is 0 Å². The SMILES string of the molecule is CCCCCCC[C@H](CC(=O)OCC(Cl)(Cl)Cl)C(=O)O. The summed E-state index contributed by atoms with van der Waals surface area (Å²) < 4.78 is 3.06. The first-order valence-electron chi connectivity index (χ1n) is 6.71. The third kappa shape index (κ3) is 11.6. The van der Waals surface area contributed by atoms with E-state index >= 15 is 0 Å². The molecule has 7 heteroatoms. The first-order valence-corrected chi connectivity index (χ1v) is 7.84. The number of carboxylic acids is 1. The maximum absolute atomic E-state index is 11.5. The van der Waals surface area contributed by atoms with Crippen LogP contribution in [0, 0.1) is 5.92 Å². The Morgan fingerprint density at radius 3 is 2.25 bits per heavy atom. The molecule has 118 valence electrons. The molecule has 0 heterocycles. The van der Waals surface area contributed by atoms with E-state index in [-0.39, 0.29) is 13.0 Å². The van der Waals surface area contributed by atoms with Crippen molar-refractivity contribution in [2.75, 3.05) is 6.61 Å². The Morgan fingerprint density at radius 2 is 1.75 bits per heavy atom. The van der Waals surface area contributed by atoms with E-state index in [1.54, 1.807) is 0 Å². The van der Waals surface area contributed by atoms with Crippen molar-refractivity contribution in [3.8, 4) is 0 Å². The first kappa shape index (κ1) is 19.8. The van der Waals surface area contributed by atoms with Gasteiger partial charge in [0.05, 0.1) is 12.3 Å². The van der Waals surface area contributed by atoms with E-state index in [1.165, 1.54) is 0 Å². The highest BCUT2D eigenvalue weighted by atomic mass is 35.6. The Balaban J connectivity index is 4.01. The van der Waals surface area contributed by atoms with Crippen LogP contribution >= 0.6 is 34.8 Å². The fraction of sp³-hybridized carbons (Fsp3) is 0.846. The van der Waals surface area contributed by atoms with Crippen molar-refractivity contribution in [2.24, 2.45) is 5.92 Å². The molecule has 0 fully saturated rings. The molecular formula is C13H21Cl3O4. The fourth-order valence-corrected chi connectivity index (χ4v) is 1.89. The number of ether oxygens (including phenoxy) is 1. The summed E-state index contributed by atoms with van der Waals surface area (Å²) in [5, 5.41) is 9.07. The van der Waals surface area contributed by atoms with Crippen LogP contribution in [-0.2, 0) is 14.3 Å². The molecule has 0 amide bonds. The number of esters is 1. The zero-order chi connectivity index (χ0) is 15.6. The van der Waals surface area contributed by atoms with Crippen LogP contribution in [0.5, 0.6) is 0 Å². The number of halogens is 3. The molecule has 0 aromatic carbocycles. The molecule has 0 bridgehead atoms. The number of rotatable bonds is 10. The second kappa shape index (κ2) is 10.5. The average Bonchev–Trinajstić information content (AvgIpc) is 2.33. The van der Waals surface area contributed by atoms with Gasteiger partial charge in [0.25, 0.3) is 0 Å². The molecule has 1 atom stereocenters. The van der Waals surface area contributed by atoms with E-state index < -0.39 is 21.6 Å². The lowest BCUT2D eigenvalue weighted by atomic mass is 9.97. The monoisotopic (exact) mass is 346 g/mol. The average molecular weight is 348 g/mol. The van der Waals surface area contributed by atoms with E-state index in [0.29, 0.717) is 6.42 Å². The number of carbonyl (C=O) groups excluding carboxylic acids is 1. The second-order valence-corrected chi connectivity index (χ2v) is 7.23. The van der Waals surface area contributed by atoms with Crippen molar-refractivity contribution in [3.05, 3.63) is 0 Å². The zero-order valence-electron chi connectivity index (χ0n) is 11.5. The lowest BCUT2D eigenvalue weighted by molar-refractivity contribution is -0.151. The van der Waals surface area contributed by atoms with Crippen LogP contribution in [-0.4, -0.2) is 27.4 Å². The van der Waals surface area contributed by atoms with Crippen LogP contribution in [0.15, 0.2) is 0 Å². The third-order valence-electron chi connectivity index (χ3n) is 2.82. The Kier molecular flexibility index (Phi) is 10.4. The van der Waals surface area contributed by atoms with E-state index in [0.717, 1.165) is 32.1 Å². The van der Waals surface area contributed by atoms with Crippen molar-refractivity contribution < 1.29 is 19.4 Å². The van der Waals surface area contributed by atoms with E-state index in [1.807, 2.05) is 0 Å². The van der Waals surface area contributed by atoms with Gasteiger partial charge in [0, 0.05) is 0 Å². The van der Waals surface area contributed by atoms with Crippen molar-refractivity contribution in [2.45, 2.75) is 55.7 Å². The van der Waals surface area contributed by atoms with Gasteiger partial charge in [0.15, 0.2) is 0 Å². The van der Waals surface area contributed by atoms with Gasteiger partial charge in [-0.3, -0.25) is 9.59 Å². The topological polar surface area (TPSA) is 63.6 Å². The standard InChI is InChI=1S/C13H21Cl3O4/c1-2-3-4-5-6-7-10(12(18)19)8-11(17)20-9-13(14,15)16/h10H,2-9H2,1H3,(H,18,19)/t10-/m1/s1. The predicted octanol–water partition coefficient (Wildman–Crippen LogP) is 4.35. The van der Waals surface area contributed by atoms with Gasteiger partial charge in [0.1, 0.15) is 6.61 Å². The normalized spacial score (nSPS) is 13.0. The van der Waals surface area contributed by atoms with Gasteiger partial charge in [-0.2, -0.15) is 0 Å². The van der Waals surface area contributed by atoms with Gasteiger partial charge in [-0.05, 0) is 6.42 Å². The molecule has 0 aromatic rings. The number of unbranched alkanes of at least 4 members (excludes halogenated alkanes) is 4. The molecule has 1 N–H and O–H groups in total. The van der Waals surface area contributed by atoms with Gasteiger partial charge in [0.2, 0.25) is 3.79 Å². The molecule has 0 saturated carbocycles. The predicted molar refractivity (Wildman–Crippen MR) is 80.4 cm³/mol. The van der Waals surface area contributed by atoms with Crippen LogP contribution in [0.3, 0.4) is 0 Å². The molecule has 0 aliphatic carbocycles. The summed E-state index contributed by atoms with van der Waals surface area (Å²) in [7, 11) is 0. The minimum absolute atomic E-state index is 0.191. The molecule has 0 saturated heterocycles. The lowest BCUT2D eigenvalue weighted by Gasteiger charge is -2.14. The zero-order valence-corrected chi connectivity index (χ0v) is 13.8. The van der Waals surface area contributed by atoms with Crippen molar-refractivity contribution >= 4 is 46.7 Å². The van der Waals surface area contributed by atoms with Gasteiger partial charge >= 0.3 is 11.9 Å². The molecule has 0 rings (SSSR count). The molecule has 4 nitrogen and oxygen atoms in total. The van der Waals surface area contributed by atoms with Gasteiger partial charge in [-0.25, -0.2) is 0 Å². The number of carbonyl (C=O) groups is 2. The first-order chi connectivity index (χ1) is 9.26. The summed E-state index contributed by atoms with van der Waals surface area (Å²) in [6.07, 6.45) is 5.39. The smallest absolute Gasteiger partial charge is 0.307 e. The Bertz CT molecular complexity index is 302. The summed E-state index contributed by atoms with van der Waals surface area (Å²) >= 11 is 16.3. The highest BCUT2D eigenvalue weighted by Crippen LogP contribution is 2.26. The highest BCUT2D eigenvalue weighted by Gasteiger charge is 2.25. The molecule has 20 heavy (non-hydrogen) atoms. The summed E-state index contributed by atoms with van der Waals surface area (Å²) in [5.41, 5.74) is 0. The van der Waals surface area contributed by atoms with Crippen LogP contribution in [0.1, 0.15) is 51.9 Å². The molecule has 0 radical (unpaired) electrons. The van der Waals surface area contributed by atoms with Crippen molar-refractivity contribution in [3.63, 3.8) is 0 Å². The summed E-state index contributed by atoms with van der Waals surface area (Å²) in [6.45, 7) is 1.74. The summed E-state index contributed by atoms with van der Waals surface area (Å²) in [4.78, 5) is 22.5. The number of aliphatic carboxylic acids is 1. The maximum Gasteiger partial charge on any atom is 0.307 e. The molecule has 0 unspecified atom stereocenters. The van der Waals surface area contributed by atoms with Crippen molar-refractivity contribution in [1.82, 2.24) is 0 Å². The fourth-order valence-electron chi connectivity index (χ4n) is 1.73. The number of hydrogen-bond acceptors (Lipinski definition) is 3. The summed E-state index contributed by atoms with van der Waals surface area (Å²) in [5.74, 6) is -2.39. The lowest BCUT2D eigenvalue weighted by Crippen LogP contribution is -2.22. The molecule has 0 aliphatic heterocycles. The molecule has 0 aliphatic rings. The van der Waals surface area contributed by atoms with Crippen LogP contribution < -0.4 is 0 Å². The quantitative estimate of drug-likeness (QED) is 0.362. The summed E-state index contributed by atoms with van der Waals surface area (Å²) in [6, 6.07) is 0. The van der Waals surface area contributed by atoms with E-state index in [2.05, 4.69) is 6.92 Å². The Hall–Kier alpha value is -0.190. The Morgan fingerprint density at radius 1 is 1.15 bits per heavy atom. The molecule has 0 spiro atoms. The van der Waals surface area contributed by atoms with Gasteiger partial charge < -0.3 is 9.84 Å². The minimum atomic E-state index is -1.67. The highest BCUT2D eigenvalue weighted by molar-refractivity contribution is 6.67. The largest absolute Gasteiger partial charge is 0.481 e. The van der Waals surface area contributed by atoms with E-state index in [9.17, 15) is 9.59 Å². The molecular weight excluding hydrogens is 326 g/mol. The number of carboxylic acid groups (broad SMARTS) is 1. The Labute approximate surface area is 134 Å². The van der Waals surface area contributed by atoms with Crippen molar-refractivity contribution in [1.29, 1.82) is 0 Å². The maximum atomic E-state index is 11.5. The number of alkyl halides is 3. The van der Waals surface area contributed by atoms with Gasteiger partial charge in [-0.1, -0.05) is 73.8 Å². The number of hydrogen-bond donors (Lipinski definition) is 1. The minimum Gasteiger partial charge on any atom is -0.481 e. The van der Waals surface area contributed by atoms with Gasteiger partial charge in [-0.15, -0.1) is 0 Å². The van der Waals surface area contributed by atoms with E-state index in [4.69, 9.17) is 44.6 Å². The second-order valence-electron chi connectivity index (χ2n) is 4.72.